The Labute approximate surface area is 186 Å². The highest BCUT2D eigenvalue weighted by molar-refractivity contribution is 5.95. The van der Waals surface area contributed by atoms with Crippen molar-refractivity contribution in [3.8, 4) is 22.4 Å². The van der Waals surface area contributed by atoms with Gasteiger partial charge in [0.05, 0.1) is 16.8 Å². The fourth-order valence-electron chi connectivity index (χ4n) is 4.86. The highest BCUT2D eigenvalue weighted by atomic mass is 19.1. The molecule has 5 rings (SSSR count). The predicted octanol–water partition coefficient (Wildman–Crippen LogP) is 7.17. The van der Waals surface area contributed by atoms with Crippen molar-refractivity contribution in [1.82, 2.24) is 4.98 Å². The fraction of sp³-hybridized carbons (Fsp3) is 0.250. The lowest BCUT2D eigenvalue weighted by Gasteiger charge is -2.08. The summed E-state index contributed by atoms with van der Waals surface area (Å²) in [5.74, 6) is -1.16. The number of aryl methyl sites for hydroxylation is 3. The average Bonchev–Trinajstić information content (AvgIpc) is 3.07. The van der Waals surface area contributed by atoms with Gasteiger partial charge < -0.3 is 10.1 Å². The molecule has 0 saturated heterocycles. The first kappa shape index (κ1) is 20.5. The van der Waals surface area contributed by atoms with Crippen molar-refractivity contribution in [3.05, 3.63) is 82.7 Å². The number of aromatic amines is 1. The number of benzene rings is 3. The van der Waals surface area contributed by atoms with Crippen LogP contribution in [0, 0.1) is 5.82 Å². The molecule has 1 heterocycles. The van der Waals surface area contributed by atoms with E-state index >= 15 is 4.39 Å². The van der Waals surface area contributed by atoms with Crippen LogP contribution in [0.2, 0.25) is 0 Å². The summed E-state index contributed by atoms with van der Waals surface area (Å²) in [6.45, 7) is 2.18. The molecule has 2 N–H and O–H groups in total. The third-order valence-electron chi connectivity index (χ3n) is 6.60. The van der Waals surface area contributed by atoms with E-state index in [2.05, 4.69) is 24.0 Å². The first-order valence-electron chi connectivity index (χ1n) is 11.4. The molecule has 0 spiro atoms. The van der Waals surface area contributed by atoms with Crippen molar-refractivity contribution in [2.75, 3.05) is 0 Å². The molecule has 162 valence electrons. The summed E-state index contributed by atoms with van der Waals surface area (Å²) in [5, 5.41) is 10.3. The SMILES string of the molecule is CCCCc1ccc(-c2ccc3c4c([nH]c3c2F)-c2ccc(C(=O)O)cc2CCC4)cc1. The normalized spacial score (nSPS) is 12.9. The highest BCUT2D eigenvalue weighted by Crippen LogP contribution is 2.39. The quantitative estimate of drug-likeness (QED) is 0.355. The van der Waals surface area contributed by atoms with Crippen molar-refractivity contribution >= 4 is 16.9 Å². The molecule has 0 radical (unpaired) electrons. The highest BCUT2D eigenvalue weighted by Gasteiger charge is 2.22. The molecular weight excluding hydrogens is 401 g/mol. The first-order chi connectivity index (χ1) is 15.6. The molecule has 0 saturated carbocycles. The van der Waals surface area contributed by atoms with Gasteiger partial charge in [0.1, 0.15) is 0 Å². The molecule has 1 aliphatic carbocycles. The van der Waals surface area contributed by atoms with E-state index in [4.69, 9.17) is 0 Å². The Bertz CT molecular complexity index is 1320. The predicted molar refractivity (Wildman–Crippen MR) is 127 cm³/mol. The summed E-state index contributed by atoms with van der Waals surface area (Å²) in [5.41, 5.74) is 7.56. The van der Waals surface area contributed by atoms with E-state index in [-0.39, 0.29) is 5.82 Å². The third kappa shape index (κ3) is 3.50. The molecule has 32 heavy (non-hydrogen) atoms. The number of aromatic nitrogens is 1. The topological polar surface area (TPSA) is 53.1 Å². The van der Waals surface area contributed by atoms with Gasteiger partial charge in [-0.1, -0.05) is 55.8 Å². The number of unbranched alkanes of at least 4 members (excludes halogenated alkanes) is 1. The second-order valence-corrected chi connectivity index (χ2v) is 8.66. The van der Waals surface area contributed by atoms with E-state index < -0.39 is 5.97 Å². The Morgan fingerprint density at radius 3 is 2.56 bits per heavy atom. The molecule has 0 unspecified atom stereocenters. The first-order valence-corrected chi connectivity index (χ1v) is 11.4. The van der Waals surface area contributed by atoms with Crippen LogP contribution in [-0.4, -0.2) is 16.1 Å². The van der Waals surface area contributed by atoms with E-state index in [0.29, 0.717) is 16.6 Å². The van der Waals surface area contributed by atoms with Gasteiger partial charge in [-0.05, 0) is 66.5 Å². The van der Waals surface area contributed by atoms with E-state index in [1.165, 1.54) is 5.56 Å². The van der Waals surface area contributed by atoms with Gasteiger partial charge in [-0.25, -0.2) is 9.18 Å². The summed E-state index contributed by atoms with van der Waals surface area (Å²) >= 11 is 0. The standard InChI is InChI=1S/C28H26FNO2/c1-2-3-5-17-8-10-18(11-9-17)21-14-15-24-23-7-4-6-19-16-20(28(31)32)12-13-22(19)26(23)30-27(24)25(21)29/h8-16,30H,2-7H2,1H3,(H,31,32). The molecule has 0 amide bonds. The number of fused-ring (bicyclic) bond motifs is 5. The maximum Gasteiger partial charge on any atom is 0.335 e. The van der Waals surface area contributed by atoms with Crippen molar-refractivity contribution in [2.45, 2.75) is 45.4 Å². The number of H-pyrrole nitrogens is 1. The summed E-state index contributed by atoms with van der Waals surface area (Å²) in [7, 11) is 0. The van der Waals surface area contributed by atoms with Crippen LogP contribution in [0.1, 0.15) is 53.2 Å². The largest absolute Gasteiger partial charge is 0.478 e. The molecule has 0 fully saturated rings. The van der Waals surface area contributed by atoms with Crippen LogP contribution in [0.15, 0.2) is 54.6 Å². The number of hydrogen-bond acceptors (Lipinski definition) is 1. The number of rotatable bonds is 5. The minimum atomic E-state index is -0.926. The van der Waals surface area contributed by atoms with Crippen LogP contribution in [0.3, 0.4) is 0 Å². The minimum Gasteiger partial charge on any atom is -0.478 e. The van der Waals surface area contributed by atoms with Gasteiger partial charge in [0, 0.05) is 16.5 Å². The van der Waals surface area contributed by atoms with Crippen LogP contribution >= 0.6 is 0 Å². The van der Waals surface area contributed by atoms with Gasteiger partial charge in [-0.2, -0.15) is 0 Å². The van der Waals surface area contributed by atoms with Gasteiger partial charge >= 0.3 is 5.97 Å². The molecule has 1 aliphatic rings. The third-order valence-corrected chi connectivity index (χ3v) is 6.60. The Hall–Kier alpha value is -3.40. The molecule has 4 aromatic rings. The Balaban J connectivity index is 1.59. The molecule has 0 aliphatic heterocycles. The van der Waals surface area contributed by atoms with E-state index in [1.807, 2.05) is 30.3 Å². The van der Waals surface area contributed by atoms with Gasteiger partial charge in [-0.15, -0.1) is 0 Å². The molecule has 1 aromatic heterocycles. The van der Waals surface area contributed by atoms with Crippen molar-refractivity contribution < 1.29 is 14.3 Å². The minimum absolute atomic E-state index is 0.236. The zero-order chi connectivity index (χ0) is 22.2. The molecule has 0 atom stereocenters. The molecule has 4 heteroatoms. The van der Waals surface area contributed by atoms with Crippen molar-refractivity contribution in [1.29, 1.82) is 0 Å². The van der Waals surface area contributed by atoms with Gasteiger partial charge in [0.15, 0.2) is 5.82 Å². The second-order valence-electron chi connectivity index (χ2n) is 8.66. The lowest BCUT2D eigenvalue weighted by Crippen LogP contribution is -1.99. The zero-order valence-corrected chi connectivity index (χ0v) is 18.2. The maximum absolute atomic E-state index is 15.7. The second kappa shape index (κ2) is 8.27. The van der Waals surface area contributed by atoms with Gasteiger partial charge in [0.25, 0.3) is 0 Å². The van der Waals surface area contributed by atoms with Gasteiger partial charge in [0.2, 0.25) is 0 Å². The van der Waals surface area contributed by atoms with Gasteiger partial charge in [-0.3, -0.25) is 0 Å². The number of nitrogens with one attached hydrogen (secondary N) is 1. The molecular formula is C28H26FNO2. The molecule has 3 aromatic carbocycles. The summed E-state index contributed by atoms with van der Waals surface area (Å²) in [6, 6.07) is 17.3. The molecule has 3 nitrogen and oxygen atoms in total. The Kier molecular flexibility index (Phi) is 5.30. The monoisotopic (exact) mass is 427 g/mol. The number of halogens is 1. The number of hydrogen-bond donors (Lipinski definition) is 2. The van der Waals surface area contributed by atoms with Crippen LogP contribution in [-0.2, 0) is 19.3 Å². The summed E-state index contributed by atoms with van der Waals surface area (Å²) in [4.78, 5) is 14.7. The lowest BCUT2D eigenvalue weighted by atomic mass is 9.98. The average molecular weight is 428 g/mol. The number of carbonyl (C=O) groups is 1. The Morgan fingerprint density at radius 2 is 1.81 bits per heavy atom. The smallest absolute Gasteiger partial charge is 0.335 e. The maximum atomic E-state index is 15.7. The summed E-state index contributed by atoms with van der Waals surface area (Å²) < 4.78 is 15.7. The summed E-state index contributed by atoms with van der Waals surface area (Å²) in [6.07, 6.45) is 5.90. The van der Waals surface area contributed by atoms with E-state index in [1.54, 1.807) is 12.1 Å². The van der Waals surface area contributed by atoms with E-state index in [9.17, 15) is 9.90 Å². The van der Waals surface area contributed by atoms with E-state index in [0.717, 1.165) is 71.9 Å². The zero-order valence-electron chi connectivity index (χ0n) is 18.2. The van der Waals surface area contributed by atoms with Crippen LogP contribution in [0.5, 0.6) is 0 Å². The van der Waals surface area contributed by atoms with Crippen LogP contribution in [0.25, 0.3) is 33.3 Å². The number of carboxylic acids is 1. The van der Waals surface area contributed by atoms with Crippen molar-refractivity contribution in [3.63, 3.8) is 0 Å². The van der Waals surface area contributed by atoms with Crippen molar-refractivity contribution in [2.24, 2.45) is 0 Å². The number of aromatic carboxylic acids is 1. The molecule has 0 bridgehead atoms. The van der Waals surface area contributed by atoms with Crippen LogP contribution in [0.4, 0.5) is 4.39 Å². The van der Waals surface area contributed by atoms with Crippen LogP contribution < -0.4 is 0 Å². The lowest BCUT2D eigenvalue weighted by molar-refractivity contribution is 0.0696. The fourth-order valence-corrected chi connectivity index (χ4v) is 4.86. The Morgan fingerprint density at radius 1 is 1.03 bits per heavy atom. The number of carboxylic acid groups (broad SMARTS) is 1.